The van der Waals surface area contributed by atoms with E-state index in [1.54, 1.807) is 0 Å². The van der Waals surface area contributed by atoms with Crippen LogP contribution in [0.4, 0.5) is 5.69 Å². The lowest BCUT2D eigenvalue weighted by Crippen LogP contribution is -2.38. The number of halogens is 1. The Morgan fingerprint density at radius 1 is 1.44 bits per heavy atom. The van der Waals surface area contributed by atoms with Crippen LogP contribution in [0.5, 0.6) is 0 Å². The van der Waals surface area contributed by atoms with Crippen molar-refractivity contribution in [1.29, 1.82) is 0 Å². The Kier molecular flexibility index (Phi) is 3.61. The maximum absolute atomic E-state index is 12.0. The summed E-state index contributed by atoms with van der Waals surface area (Å²) in [5, 5.41) is 3.20. The average molecular weight is 283 g/mol. The second-order valence-corrected chi connectivity index (χ2v) is 4.78. The van der Waals surface area contributed by atoms with Crippen LogP contribution in [0.3, 0.4) is 0 Å². The highest BCUT2D eigenvalue weighted by molar-refractivity contribution is 9.10. The van der Waals surface area contributed by atoms with Gasteiger partial charge in [0.15, 0.2) is 0 Å². The molecule has 1 unspecified atom stereocenters. The van der Waals surface area contributed by atoms with Gasteiger partial charge in [0.2, 0.25) is 5.91 Å². The number of rotatable bonds is 3. The second kappa shape index (κ2) is 4.97. The summed E-state index contributed by atoms with van der Waals surface area (Å²) >= 11 is 3.39. The van der Waals surface area contributed by atoms with Crippen LogP contribution in [0.1, 0.15) is 13.3 Å². The summed E-state index contributed by atoms with van der Waals surface area (Å²) in [6.07, 6.45) is 0.892. The lowest BCUT2D eigenvalue weighted by atomic mass is 10.2. The summed E-state index contributed by atoms with van der Waals surface area (Å²) in [5.74, 6) is 0.184. The van der Waals surface area contributed by atoms with Crippen LogP contribution in [0.25, 0.3) is 0 Å². The van der Waals surface area contributed by atoms with E-state index in [1.165, 1.54) is 0 Å². The van der Waals surface area contributed by atoms with Crippen molar-refractivity contribution in [3.8, 4) is 0 Å². The molecule has 0 aromatic heterocycles. The van der Waals surface area contributed by atoms with Crippen molar-refractivity contribution in [3.63, 3.8) is 0 Å². The molecule has 0 spiro atoms. The number of nitrogens with one attached hydrogen (secondary N) is 1. The molecule has 1 saturated heterocycles. The SMILES string of the molecule is CCNC1CCN(c2ccc(Br)cc2)C1=O. The van der Waals surface area contributed by atoms with Gasteiger partial charge >= 0.3 is 0 Å². The van der Waals surface area contributed by atoms with Gasteiger partial charge in [0.05, 0.1) is 6.04 Å². The Morgan fingerprint density at radius 2 is 2.12 bits per heavy atom. The van der Waals surface area contributed by atoms with Crippen molar-refractivity contribution in [2.45, 2.75) is 19.4 Å². The van der Waals surface area contributed by atoms with E-state index < -0.39 is 0 Å². The molecule has 1 fully saturated rings. The molecule has 0 aliphatic carbocycles. The van der Waals surface area contributed by atoms with Gasteiger partial charge in [0, 0.05) is 16.7 Å². The first kappa shape index (κ1) is 11.6. The fourth-order valence-electron chi connectivity index (χ4n) is 1.99. The minimum absolute atomic E-state index is 0.00588. The molecule has 0 bridgehead atoms. The van der Waals surface area contributed by atoms with E-state index in [2.05, 4.69) is 21.2 Å². The molecule has 1 N–H and O–H groups in total. The topological polar surface area (TPSA) is 32.3 Å². The number of likely N-dealkylation sites (N-methyl/N-ethyl adjacent to an activating group) is 1. The van der Waals surface area contributed by atoms with Gasteiger partial charge in [-0.3, -0.25) is 4.79 Å². The van der Waals surface area contributed by atoms with E-state index in [0.717, 1.165) is 29.7 Å². The van der Waals surface area contributed by atoms with Crippen LogP contribution in [-0.4, -0.2) is 25.0 Å². The molecule has 0 radical (unpaired) electrons. The molecule has 4 heteroatoms. The average Bonchev–Trinajstić information content (AvgIpc) is 2.63. The van der Waals surface area contributed by atoms with E-state index in [4.69, 9.17) is 0 Å². The molecule has 0 saturated carbocycles. The normalized spacial score (nSPS) is 20.5. The first-order chi connectivity index (χ1) is 7.72. The van der Waals surface area contributed by atoms with Gasteiger partial charge in [0.1, 0.15) is 0 Å². The molecule has 86 valence electrons. The van der Waals surface area contributed by atoms with Crippen LogP contribution in [0.2, 0.25) is 0 Å². The Bertz CT molecular complexity index is 377. The van der Waals surface area contributed by atoms with Gasteiger partial charge in [-0.15, -0.1) is 0 Å². The summed E-state index contributed by atoms with van der Waals surface area (Å²) in [4.78, 5) is 13.9. The van der Waals surface area contributed by atoms with Crippen molar-refractivity contribution in [2.75, 3.05) is 18.0 Å². The first-order valence-corrected chi connectivity index (χ1v) is 6.32. The minimum Gasteiger partial charge on any atom is -0.311 e. The summed E-state index contributed by atoms with van der Waals surface area (Å²) in [6, 6.07) is 7.85. The maximum Gasteiger partial charge on any atom is 0.244 e. The number of hydrogen-bond donors (Lipinski definition) is 1. The summed E-state index contributed by atoms with van der Waals surface area (Å²) in [6.45, 7) is 3.66. The van der Waals surface area contributed by atoms with Crippen molar-refractivity contribution in [3.05, 3.63) is 28.7 Å². The highest BCUT2D eigenvalue weighted by atomic mass is 79.9. The number of amides is 1. The zero-order valence-electron chi connectivity index (χ0n) is 9.24. The Balaban J connectivity index is 2.12. The zero-order chi connectivity index (χ0) is 11.5. The fraction of sp³-hybridized carbons (Fsp3) is 0.417. The smallest absolute Gasteiger partial charge is 0.244 e. The van der Waals surface area contributed by atoms with Gasteiger partial charge in [0.25, 0.3) is 0 Å². The van der Waals surface area contributed by atoms with Crippen LogP contribution in [-0.2, 0) is 4.79 Å². The van der Waals surface area contributed by atoms with Crippen molar-refractivity contribution < 1.29 is 4.79 Å². The molecule has 1 amide bonds. The van der Waals surface area contributed by atoms with Crippen LogP contribution in [0.15, 0.2) is 28.7 Å². The lowest BCUT2D eigenvalue weighted by molar-refractivity contribution is -0.118. The summed E-state index contributed by atoms with van der Waals surface area (Å²) < 4.78 is 1.03. The Hall–Kier alpha value is -0.870. The maximum atomic E-state index is 12.0. The van der Waals surface area contributed by atoms with E-state index in [0.29, 0.717) is 0 Å². The monoisotopic (exact) mass is 282 g/mol. The van der Waals surface area contributed by atoms with Gasteiger partial charge < -0.3 is 10.2 Å². The number of nitrogens with zero attached hydrogens (tertiary/aromatic N) is 1. The molecule has 1 atom stereocenters. The Labute approximate surface area is 104 Å². The molecule has 1 heterocycles. The van der Waals surface area contributed by atoms with Crippen LogP contribution >= 0.6 is 15.9 Å². The molecule has 1 aliphatic heterocycles. The molecule has 3 nitrogen and oxygen atoms in total. The van der Waals surface area contributed by atoms with Crippen LogP contribution in [0, 0.1) is 0 Å². The van der Waals surface area contributed by atoms with E-state index in [1.807, 2.05) is 36.1 Å². The van der Waals surface area contributed by atoms with Gasteiger partial charge in [-0.05, 0) is 37.2 Å². The van der Waals surface area contributed by atoms with Crippen molar-refractivity contribution >= 4 is 27.5 Å². The molecule has 1 aromatic rings. The minimum atomic E-state index is -0.00588. The standard InChI is InChI=1S/C12H15BrN2O/c1-2-14-11-7-8-15(12(11)16)10-5-3-9(13)4-6-10/h3-6,11,14H,2,7-8H2,1H3. The number of hydrogen-bond acceptors (Lipinski definition) is 2. The highest BCUT2D eigenvalue weighted by Crippen LogP contribution is 2.23. The number of benzene rings is 1. The number of carbonyl (C=O) groups is 1. The fourth-order valence-corrected chi connectivity index (χ4v) is 2.26. The third kappa shape index (κ3) is 2.28. The quantitative estimate of drug-likeness (QED) is 0.922. The first-order valence-electron chi connectivity index (χ1n) is 5.52. The van der Waals surface area contributed by atoms with Crippen LogP contribution < -0.4 is 10.2 Å². The predicted octanol–water partition coefficient (Wildman–Crippen LogP) is 2.16. The highest BCUT2D eigenvalue weighted by Gasteiger charge is 2.31. The molecule has 16 heavy (non-hydrogen) atoms. The summed E-state index contributed by atoms with van der Waals surface area (Å²) in [5.41, 5.74) is 0.980. The number of carbonyl (C=O) groups excluding carboxylic acids is 1. The van der Waals surface area contributed by atoms with Crippen molar-refractivity contribution in [2.24, 2.45) is 0 Å². The molecule has 1 aromatic carbocycles. The summed E-state index contributed by atoms with van der Waals surface area (Å²) in [7, 11) is 0. The number of anilines is 1. The molecule has 2 rings (SSSR count). The third-order valence-corrected chi connectivity index (χ3v) is 3.32. The zero-order valence-corrected chi connectivity index (χ0v) is 10.8. The largest absolute Gasteiger partial charge is 0.311 e. The second-order valence-electron chi connectivity index (χ2n) is 3.87. The van der Waals surface area contributed by atoms with Gasteiger partial charge in [-0.25, -0.2) is 0 Å². The van der Waals surface area contributed by atoms with Crippen molar-refractivity contribution in [1.82, 2.24) is 5.32 Å². The van der Waals surface area contributed by atoms with E-state index >= 15 is 0 Å². The molecular formula is C12H15BrN2O. The van der Waals surface area contributed by atoms with Gasteiger partial charge in [-0.2, -0.15) is 0 Å². The predicted molar refractivity (Wildman–Crippen MR) is 68.6 cm³/mol. The van der Waals surface area contributed by atoms with Gasteiger partial charge in [-0.1, -0.05) is 22.9 Å². The Morgan fingerprint density at radius 3 is 2.75 bits per heavy atom. The molecular weight excluding hydrogens is 268 g/mol. The lowest BCUT2D eigenvalue weighted by Gasteiger charge is -2.17. The van der Waals surface area contributed by atoms with E-state index in [-0.39, 0.29) is 11.9 Å². The third-order valence-electron chi connectivity index (χ3n) is 2.79. The molecule has 1 aliphatic rings. The van der Waals surface area contributed by atoms with E-state index in [9.17, 15) is 4.79 Å².